The third-order valence-corrected chi connectivity index (χ3v) is 3.42. The first kappa shape index (κ1) is 15.8. The van der Waals surface area contributed by atoms with Gasteiger partial charge in [0.2, 0.25) is 0 Å². The van der Waals surface area contributed by atoms with Crippen molar-refractivity contribution in [3.8, 4) is 5.75 Å². The molecule has 0 saturated heterocycles. The van der Waals surface area contributed by atoms with Crippen LogP contribution in [0.2, 0.25) is 0 Å². The summed E-state index contributed by atoms with van der Waals surface area (Å²) in [5.74, 6) is 0.908. The summed E-state index contributed by atoms with van der Waals surface area (Å²) in [6.07, 6.45) is 4.85. The van der Waals surface area contributed by atoms with Crippen LogP contribution >= 0.6 is 0 Å². The van der Waals surface area contributed by atoms with Gasteiger partial charge in [-0.2, -0.15) is 0 Å². The van der Waals surface area contributed by atoms with Crippen LogP contribution < -0.4 is 15.4 Å². The van der Waals surface area contributed by atoms with E-state index in [1.165, 1.54) is 36.9 Å². The Hall–Kier alpha value is -1.22. The molecule has 1 aromatic carbocycles. The fraction of sp³-hybridized carbons (Fsp3) is 0.625. The van der Waals surface area contributed by atoms with Gasteiger partial charge in [-0.25, -0.2) is 0 Å². The number of rotatable bonds is 9. The molecule has 0 unspecified atom stereocenters. The number of unbranched alkanes of at least 4 members (excludes halogenated alkanes) is 2. The number of nitrogens with zero attached hydrogens (tertiary/aromatic N) is 1. The van der Waals surface area contributed by atoms with Gasteiger partial charge in [0.15, 0.2) is 0 Å². The second-order valence-electron chi connectivity index (χ2n) is 4.89. The molecule has 0 amide bonds. The molecule has 0 spiro atoms. The predicted octanol–water partition coefficient (Wildman–Crippen LogP) is 3.56. The highest BCUT2D eigenvalue weighted by Crippen LogP contribution is 2.26. The molecule has 0 heterocycles. The summed E-state index contributed by atoms with van der Waals surface area (Å²) in [6.45, 7) is 7.22. The summed E-state index contributed by atoms with van der Waals surface area (Å²) in [6, 6.07) is 6.19. The highest BCUT2D eigenvalue weighted by molar-refractivity contribution is 5.57. The number of hydrogen-bond donors (Lipinski definition) is 1. The minimum absolute atomic E-state index is 0.577. The van der Waals surface area contributed by atoms with Gasteiger partial charge in [0.05, 0.1) is 7.11 Å². The molecule has 0 bridgehead atoms. The van der Waals surface area contributed by atoms with Crippen LogP contribution in [-0.2, 0) is 6.54 Å². The van der Waals surface area contributed by atoms with E-state index in [-0.39, 0.29) is 0 Å². The average Bonchev–Trinajstić information content (AvgIpc) is 2.47. The molecular weight excluding hydrogens is 236 g/mol. The summed E-state index contributed by atoms with van der Waals surface area (Å²) in [7, 11) is 1.71. The number of methoxy groups -OCH3 is 1. The molecule has 2 N–H and O–H groups in total. The first-order valence-electron chi connectivity index (χ1n) is 7.38. The van der Waals surface area contributed by atoms with Gasteiger partial charge in [-0.3, -0.25) is 0 Å². The van der Waals surface area contributed by atoms with Crippen LogP contribution in [0.3, 0.4) is 0 Å². The molecule has 1 rings (SSSR count). The van der Waals surface area contributed by atoms with Gasteiger partial charge in [-0.15, -0.1) is 0 Å². The second kappa shape index (κ2) is 8.81. The van der Waals surface area contributed by atoms with E-state index in [1.807, 2.05) is 6.07 Å². The van der Waals surface area contributed by atoms with Crippen LogP contribution in [0.4, 0.5) is 5.69 Å². The Bertz CT molecular complexity index is 358. The van der Waals surface area contributed by atoms with E-state index in [2.05, 4.69) is 30.9 Å². The molecule has 0 saturated carbocycles. The number of benzene rings is 1. The average molecular weight is 264 g/mol. The molecule has 0 atom stereocenters. The molecule has 19 heavy (non-hydrogen) atoms. The fourth-order valence-corrected chi connectivity index (χ4v) is 2.19. The van der Waals surface area contributed by atoms with Gasteiger partial charge < -0.3 is 15.4 Å². The van der Waals surface area contributed by atoms with Gasteiger partial charge in [0, 0.05) is 31.4 Å². The maximum atomic E-state index is 5.87. The number of ether oxygens (including phenoxy) is 1. The molecule has 0 aliphatic heterocycles. The largest absolute Gasteiger partial charge is 0.497 e. The van der Waals surface area contributed by atoms with Crippen molar-refractivity contribution in [1.29, 1.82) is 0 Å². The first-order valence-corrected chi connectivity index (χ1v) is 7.38. The quantitative estimate of drug-likeness (QED) is 0.741. The minimum atomic E-state index is 0.577. The fourth-order valence-electron chi connectivity index (χ4n) is 2.19. The van der Waals surface area contributed by atoms with Crippen molar-refractivity contribution >= 4 is 5.69 Å². The van der Waals surface area contributed by atoms with Crippen LogP contribution in [0.1, 0.15) is 45.1 Å². The zero-order valence-electron chi connectivity index (χ0n) is 12.6. The molecule has 3 nitrogen and oxygen atoms in total. The van der Waals surface area contributed by atoms with E-state index in [0.29, 0.717) is 6.54 Å². The SMILES string of the molecule is CCCCN(CCCC)c1cc(OC)ccc1CN. The summed E-state index contributed by atoms with van der Waals surface area (Å²) in [5.41, 5.74) is 8.31. The van der Waals surface area contributed by atoms with E-state index < -0.39 is 0 Å². The highest BCUT2D eigenvalue weighted by Gasteiger charge is 2.11. The Balaban J connectivity index is 2.96. The lowest BCUT2D eigenvalue weighted by Crippen LogP contribution is -2.27. The van der Waals surface area contributed by atoms with Crippen LogP contribution in [-0.4, -0.2) is 20.2 Å². The van der Waals surface area contributed by atoms with Gasteiger partial charge >= 0.3 is 0 Å². The molecule has 1 aromatic rings. The second-order valence-corrected chi connectivity index (χ2v) is 4.89. The molecule has 0 aromatic heterocycles. The third kappa shape index (κ3) is 4.75. The van der Waals surface area contributed by atoms with E-state index >= 15 is 0 Å². The molecule has 108 valence electrons. The number of nitrogens with two attached hydrogens (primary N) is 1. The molecule has 0 radical (unpaired) electrons. The van der Waals surface area contributed by atoms with Crippen LogP contribution in [0, 0.1) is 0 Å². The topological polar surface area (TPSA) is 38.5 Å². The van der Waals surface area contributed by atoms with Gasteiger partial charge in [-0.1, -0.05) is 32.8 Å². The maximum absolute atomic E-state index is 5.87. The Kier molecular flexibility index (Phi) is 7.34. The Labute approximate surface area is 117 Å². The van der Waals surface area contributed by atoms with E-state index in [9.17, 15) is 0 Å². The zero-order valence-corrected chi connectivity index (χ0v) is 12.6. The molecule has 3 heteroatoms. The molecular formula is C16H28N2O. The first-order chi connectivity index (χ1) is 9.26. The Morgan fingerprint density at radius 2 is 1.74 bits per heavy atom. The molecule has 0 aliphatic rings. The van der Waals surface area contributed by atoms with E-state index in [4.69, 9.17) is 10.5 Å². The molecule has 0 aliphatic carbocycles. The Morgan fingerprint density at radius 1 is 1.11 bits per heavy atom. The highest BCUT2D eigenvalue weighted by atomic mass is 16.5. The summed E-state index contributed by atoms with van der Waals surface area (Å²) < 4.78 is 5.35. The summed E-state index contributed by atoms with van der Waals surface area (Å²) in [4.78, 5) is 2.46. The van der Waals surface area contributed by atoms with Crippen molar-refractivity contribution in [1.82, 2.24) is 0 Å². The lowest BCUT2D eigenvalue weighted by Gasteiger charge is -2.27. The third-order valence-electron chi connectivity index (χ3n) is 3.42. The molecule has 0 fully saturated rings. The monoisotopic (exact) mass is 264 g/mol. The van der Waals surface area contributed by atoms with Crippen molar-refractivity contribution in [3.05, 3.63) is 23.8 Å². The van der Waals surface area contributed by atoms with Crippen molar-refractivity contribution in [2.75, 3.05) is 25.1 Å². The number of anilines is 1. The van der Waals surface area contributed by atoms with Gasteiger partial charge in [0.1, 0.15) is 5.75 Å². The van der Waals surface area contributed by atoms with Crippen molar-refractivity contribution in [2.45, 2.75) is 46.1 Å². The van der Waals surface area contributed by atoms with Crippen LogP contribution in [0.25, 0.3) is 0 Å². The summed E-state index contributed by atoms with van der Waals surface area (Å²) >= 11 is 0. The van der Waals surface area contributed by atoms with Gasteiger partial charge in [-0.05, 0) is 24.5 Å². The maximum Gasteiger partial charge on any atom is 0.120 e. The lowest BCUT2D eigenvalue weighted by molar-refractivity contribution is 0.414. The van der Waals surface area contributed by atoms with Crippen LogP contribution in [0.15, 0.2) is 18.2 Å². The number of hydrogen-bond acceptors (Lipinski definition) is 3. The Morgan fingerprint density at radius 3 is 2.21 bits per heavy atom. The predicted molar refractivity (Wildman–Crippen MR) is 82.9 cm³/mol. The van der Waals surface area contributed by atoms with Crippen molar-refractivity contribution < 1.29 is 4.74 Å². The smallest absolute Gasteiger partial charge is 0.120 e. The normalized spacial score (nSPS) is 10.5. The zero-order chi connectivity index (χ0) is 14.1. The minimum Gasteiger partial charge on any atom is -0.497 e. The van der Waals surface area contributed by atoms with E-state index in [0.717, 1.165) is 18.8 Å². The standard InChI is InChI=1S/C16H28N2O/c1-4-6-10-18(11-7-5-2)16-12-15(19-3)9-8-14(16)13-17/h8-9,12H,4-7,10-11,13,17H2,1-3H3. The van der Waals surface area contributed by atoms with Crippen molar-refractivity contribution in [3.63, 3.8) is 0 Å². The lowest BCUT2D eigenvalue weighted by atomic mass is 10.1. The van der Waals surface area contributed by atoms with Gasteiger partial charge in [0.25, 0.3) is 0 Å². The van der Waals surface area contributed by atoms with Crippen LogP contribution in [0.5, 0.6) is 5.75 Å². The summed E-state index contributed by atoms with van der Waals surface area (Å²) in [5, 5.41) is 0. The van der Waals surface area contributed by atoms with Crippen molar-refractivity contribution in [2.24, 2.45) is 5.73 Å². The van der Waals surface area contributed by atoms with E-state index in [1.54, 1.807) is 7.11 Å².